The lowest BCUT2D eigenvalue weighted by atomic mass is 10.2. The predicted octanol–water partition coefficient (Wildman–Crippen LogP) is 1.36. The van der Waals surface area contributed by atoms with Gasteiger partial charge in [-0.1, -0.05) is 11.8 Å². The summed E-state index contributed by atoms with van der Waals surface area (Å²) in [4.78, 5) is 14.7. The highest BCUT2D eigenvalue weighted by Gasteiger charge is 2.01. The Balaban J connectivity index is 2.30. The second kappa shape index (κ2) is 4.07. The van der Waals surface area contributed by atoms with E-state index in [1.165, 1.54) is 0 Å². The summed E-state index contributed by atoms with van der Waals surface area (Å²) < 4.78 is 5.37. The van der Waals surface area contributed by atoms with E-state index in [0.29, 0.717) is 11.5 Å². The highest BCUT2D eigenvalue weighted by Crippen LogP contribution is 2.16. The lowest BCUT2D eigenvalue weighted by Gasteiger charge is -1.89. The Kier molecular flexibility index (Phi) is 2.61. The first kappa shape index (κ1) is 10.2. The number of primary amides is 1. The van der Waals surface area contributed by atoms with Crippen LogP contribution in [0.3, 0.4) is 0 Å². The highest BCUT2D eigenvalue weighted by molar-refractivity contribution is 5.77. The van der Waals surface area contributed by atoms with Crippen LogP contribution in [0.15, 0.2) is 22.6 Å². The number of rotatable bonds is 1. The van der Waals surface area contributed by atoms with Gasteiger partial charge in [0, 0.05) is 12.5 Å². The van der Waals surface area contributed by atoms with Crippen molar-refractivity contribution in [2.45, 2.75) is 13.3 Å². The molecule has 16 heavy (non-hydrogen) atoms. The van der Waals surface area contributed by atoms with Gasteiger partial charge < -0.3 is 10.2 Å². The Bertz CT molecular complexity index is 602. The van der Waals surface area contributed by atoms with Gasteiger partial charge in [-0.2, -0.15) is 0 Å². The van der Waals surface area contributed by atoms with E-state index >= 15 is 0 Å². The molecule has 4 heteroatoms. The van der Waals surface area contributed by atoms with Crippen molar-refractivity contribution in [3.63, 3.8) is 0 Å². The van der Waals surface area contributed by atoms with Gasteiger partial charge in [0.2, 0.25) is 5.91 Å². The van der Waals surface area contributed by atoms with Crippen LogP contribution in [0.4, 0.5) is 0 Å². The molecule has 0 radical (unpaired) electrons. The second-order valence-corrected chi connectivity index (χ2v) is 3.36. The maximum absolute atomic E-state index is 10.5. The molecule has 2 rings (SSSR count). The molecular formula is C12H10N2O2. The fraction of sp³-hybridized carbons (Fsp3) is 0.167. The SMILES string of the molecule is Cc1nc2ccc(C#CCC(N)=O)cc2o1. The molecule has 0 saturated carbocycles. The van der Waals surface area contributed by atoms with E-state index in [9.17, 15) is 4.79 Å². The van der Waals surface area contributed by atoms with Crippen LogP contribution in [0.2, 0.25) is 0 Å². The molecule has 0 spiro atoms. The highest BCUT2D eigenvalue weighted by atomic mass is 16.3. The molecular weight excluding hydrogens is 204 g/mol. The van der Waals surface area contributed by atoms with Crippen LogP contribution in [-0.2, 0) is 4.79 Å². The summed E-state index contributed by atoms with van der Waals surface area (Å²) in [7, 11) is 0. The average molecular weight is 214 g/mol. The number of benzene rings is 1. The minimum atomic E-state index is -0.427. The molecule has 0 unspecified atom stereocenters. The Morgan fingerprint density at radius 2 is 2.38 bits per heavy atom. The Hall–Kier alpha value is -2.28. The zero-order valence-electron chi connectivity index (χ0n) is 8.78. The first-order valence-electron chi connectivity index (χ1n) is 4.79. The third-order valence-corrected chi connectivity index (χ3v) is 1.99. The Morgan fingerprint density at radius 3 is 3.12 bits per heavy atom. The number of aromatic nitrogens is 1. The minimum absolute atomic E-state index is 0.0630. The molecule has 0 aliphatic heterocycles. The topological polar surface area (TPSA) is 69.1 Å². The van der Waals surface area contributed by atoms with Crippen molar-refractivity contribution in [2.75, 3.05) is 0 Å². The van der Waals surface area contributed by atoms with Crippen LogP contribution in [-0.4, -0.2) is 10.9 Å². The monoisotopic (exact) mass is 214 g/mol. The molecule has 2 N–H and O–H groups in total. The van der Waals surface area contributed by atoms with Crippen molar-refractivity contribution in [3.8, 4) is 11.8 Å². The number of carbonyl (C=O) groups is 1. The second-order valence-electron chi connectivity index (χ2n) is 3.36. The van der Waals surface area contributed by atoms with Gasteiger partial charge in [0.05, 0.1) is 6.42 Å². The summed E-state index contributed by atoms with van der Waals surface area (Å²) >= 11 is 0. The molecule has 0 atom stereocenters. The lowest BCUT2D eigenvalue weighted by Crippen LogP contribution is -2.08. The van der Waals surface area contributed by atoms with Crippen molar-refractivity contribution in [2.24, 2.45) is 5.73 Å². The fourth-order valence-corrected chi connectivity index (χ4v) is 1.35. The third-order valence-electron chi connectivity index (χ3n) is 1.99. The van der Waals surface area contributed by atoms with Crippen LogP contribution in [0, 0.1) is 18.8 Å². The summed E-state index contributed by atoms with van der Waals surface area (Å²) in [6.07, 6.45) is 0.0630. The van der Waals surface area contributed by atoms with Crippen LogP contribution >= 0.6 is 0 Å². The van der Waals surface area contributed by atoms with Gasteiger partial charge in [0.25, 0.3) is 0 Å². The molecule has 0 aliphatic rings. The molecule has 0 bridgehead atoms. The van der Waals surface area contributed by atoms with Crippen LogP contribution < -0.4 is 5.73 Å². The number of amides is 1. The standard InChI is InChI=1S/C12H10N2O2/c1-8-14-10-6-5-9(7-11(10)16-8)3-2-4-12(13)15/h5-7H,4H2,1H3,(H2,13,15). The van der Waals surface area contributed by atoms with E-state index in [1.807, 2.05) is 12.1 Å². The molecule has 1 aromatic carbocycles. The van der Waals surface area contributed by atoms with Crippen molar-refractivity contribution >= 4 is 17.0 Å². The van der Waals surface area contributed by atoms with Gasteiger partial charge >= 0.3 is 0 Å². The van der Waals surface area contributed by atoms with Crippen molar-refractivity contribution in [1.82, 2.24) is 4.98 Å². The largest absolute Gasteiger partial charge is 0.441 e. The van der Waals surface area contributed by atoms with Crippen molar-refractivity contribution < 1.29 is 9.21 Å². The van der Waals surface area contributed by atoms with Gasteiger partial charge in [0.1, 0.15) is 5.52 Å². The smallest absolute Gasteiger partial charge is 0.229 e. The Morgan fingerprint density at radius 1 is 1.56 bits per heavy atom. The van der Waals surface area contributed by atoms with Crippen molar-refractivity contribution in [1.29, 1.82) is 0 Å². The molecule has 80 valence electrons. The van der Waals surface area contributed by atoms with E-state index in [0.717, 1.165) is 11.1 Å². The van der Waals surface area contributed by atoms with E-state index in [4.69, 9.17) is 10.2 Å². The summed E-state index contributed by atoms with van der Waals surface area (Å²) in [5, 5.41) is 0. The fourth-order valence-electron chi connectivity index (χ4n) is 1.35. The maximum atomic E-state index is 10.5. The quantitative estimate of drug-likeness (QED) is 0.729. The van der Waals surface area contributed by atoms with E-state index in [1.54, 1.807) is 13.0 Å². The van der Waals surface area contributed by atoms with E-state index in [2.05, 4.69) is 16.8 Å². The summed E-state index contributed by atoms with van der Waals surface area (Å²) in [5.41, 5.74) is 7.26. The van der Waals surface area contributed by atoms with Gasteiger partial charge in [-0.15, -0.1) is 0 Å². The number of hydrogen-bond acceptors (Lipinski definition) is 3. The van der Waals surface area contributed by atoms with Gasteiger partial charge in [-0.05, 0) is 18.2 Å². The first-order chi connectivity index (χ1) is 7.65. The number of aryl methyl sites for hydroxylation is 1. The van der Waals surface area contributed by atoms with Crippen molar-refractivity contribution in [3.05, 3.63) is 29.7 Å². The first-order valence-corrected chi connectivity index (χ1v) is 4.79. The number of nitrogens with zero attached hydrogens (tertiary/aromatic N) is 1. The van der Waals surface area contributed by atoms with Gasteiger partial charge in [0.15, 0.2) is 11.5 Å². The lowest BCUT2D eigenvalue weighted by molar-refractivity contribution is -0.117. The maximum Gasteiger partial charge on any atom is 0.229 e. The molecule has 4 nitrogen and oxygen atoms in total. The average Bonchev–Trinajstić information content (AvgIpc) is 2.56. The zero-order chi connectivity index (χ0) is 11.5. The zero-order valence-corrected chi connectivity index (χ0v) is 8.78. The predicted molar refractivity (Wildman–Crippen MR) is 59.4 cm³/mol. The number of fused-ring (bicyclic) bond motifs is 1. The number of hydrogen-bond donors (Lipinski definition) is 1. The summed E-state index contributed by atoms with van der Waals surface area (Å²) in [5.74, 6) is 5.72. The molecule has 1 aromatic heterocycles. The minimum Gasteiger partial charge on any atom is -0.441 e. The van der Waals surface area contributed by atoms with Crippen LogP contribution in [0.5, 0.6) is 0 Å². The molecule has 0 saturated heterocycles. The Labute approximate surface area is 92.5 Å². The van der Waals surface area contributed by atoms with Gasteiger partial charge in [-0.25, -0.2) is 4.98 Å². The number of oxazole rings is 1. The number of carbonyl (C=O) groups excluding carboxylic acids is 1. The third kappa shape index (κ3) is 2.20. The summed E-state index contributed by atoms with van der Waals surface area (Å²) in [6.45, 7) is 1.79. The molecule has 1 amide bonds. The van der Waals surface area contributed by atoms with Gasteiger partial charge in [-0.3, -0.25) is 4.79 Å². The molecule has 0 aliphatic carbocycles. The van der Waals surface area contributed by atoms with Crippen LogP contribution in [0.1, 0.15) is 17.9 Å². The summed E-state index contributed by atoms with van der Waals surface area (Å²) in [6, 6.07) is 5.46. The normalized spacial score (nSPS) is 9.81. The van der Waals surface area contributed by atoms with Crippen LogP contribution in [0.25, 0.3) is 11.1 Å². The molecule has 1 heterocycles. The number of nitrogens with two attached hydrogens (primary N) is 1. The molecule has 0 fully saturated rings. The van der Waals surface area contributed by atoms with E-state index in [-0.39, 0.29) is 6.42 Å². The molecule has 2 aromatic rings. The van der Waals surface area contributed by atoms with E-state index < -0.39 is 5.91 Å².